The average Bonchev–Trinajstić information content (AvgIpc) is 3.06. The molecule has 0 spiro atoms. The molecule has 3 rings (SSSR count). The number of benzene rings is 1. The fourth-order valence-corrected chi connectivity index (χ4v) is 5.43. The fourth-order valence-electron chi connectivity index (χ4n) is 3.18. The van der Waals surface area contributed by atoms with Crippen molar-refractivity contribution in [1.29, 1.82) is 0 Å². The Morgan fingerprint density at radius 2 is 1.70 bits per heavy atom. The maximum Gasteiger partial charge on any atom is 0.282 e. The van der Waals surface area contributed by atoms with E-state index in [4.69, 9.17) is 0 Å². The van der Waals surface area contributed by atoms with Crippen molar-refractivity contribution in [2.75, 3.05) is 45.0 Å². The Hall–Kier alpha value is -1.58. The smallest absolute Gasteiger partial charge is 0.282 e. The summed E-state index contributed by atoms with van der Waals surface area (Å²) in [6.45, 7) is 6.02. The van der Waals surface area contributed by atoms with Crippen LogP contribution in [-0.2, 0) is 14.8 Å². The normalized spacial score (nSPS) is 19.1. The Labute approximate surface area is 164 Å². The maximum atomic E-state index is 12.8. The first-order valence-electron chi connectivity index (χ1n) is 9.08. The van der Waals surface area contributed by atoms with Crippen LogP contribution in [0, 0.1) is 0 Å². The van der Waals surface area contributed by atoms with Crippen molar-refractivity contribution in [3.63, 3.8) is 0 Å². The van der Waals surface area contributed by atoms with E-state index in [1.54, 1.807) is 21.9 Å². The second-order valence-corrected chi connectivity index (χ2v) is 10.0. The molecule has 2 fully saturated rings. The van der Waals surface area contributed by atoms with Crippen LogP contribution >= 0.6 is 11.8 Å². The molecule has 2 aliphatic heterocycles. The van der Waals surface area contributed by atoms with Crippen molar-refractivity contribution in [2.45, 2.75) is 24.7 Å². The molecule has 0 radical (unpaired) electrons. The summed E-state index contributed by atoms with van der Waals surface area (Å²) in [4.78, 5) is 27.5. The highest BCUT2D eigenvalue weighted by molar-refractivity contribution is 8.13. The van der Waals surface area contributed by atoms with Crippen LogP contribution in [0.5, 0.6) is 0 Å². The van der Waals surface area contributed by atoms with Crippen LogP contribution in [0.25, 0.3) is 0 Å². The number of sulfonamides is 1. The van der Waals surface area contributed by atoms with Crippen LogP contribution in [0.4, 0.5) is 4.79 Å². The van der Waals surface area contributed by atoms with Gasteiger partial charge in [0.25, 0.3) is 5.24 Å². The van der Waals surface area contributed by atoms with Crippen molar-refractivity contribution in [3.05, 3.63) is 29.8 Å². The highest BCUT2D eigenvalue weighted by Crippen LogP contribution is 2.22. The van der Waals surface area contributed by atoms with E-state index in [9.17, 15) is 18.0 Å². The number of amides is 2. The summed E-state index contributed by atoms with van der Waals surface area (Å²) < 4.78 is 27.1. The van der Waals surface area contributed by atoms with Crippen molar-refractivity contribution >= 4 is 32.9 Å². The molecule has 2 saturated heterocycles. The van der Waals surface area contributed by atoms with Gasteiger partial charge in [-0.1, -0.05) is 37.7 Å². The van der Waals surface area contributed by atoms with Gasteiger partial charge < -0.3 is 9.80 Å². The van der Waals surface area contributed by atoms with Gasteiger partial charge in [0.15, 0.2) is 0 Å². The minimum atomic E-state index is -3.56. The van der Waals surface area contributed by atoms with Crippen LogP contribution in [0.15, 0.2) is 29.2 Å². The lowest BCUT2D eigenvalue weighted by Crippen LogP contribution is -2.52. The number of carbonyl (C=O) groups is 2. The number of nitrogens with zero attached hydrogens (tertiary/aromatic N) is 3. The molecule has 1 aromatic rings. The Balaban J connectivity index is 1.59. The standard InChI is InChI=1S/C18H25N3O4S2/c1-14(2)15-3-5-16(6-4-15)27(24,25)21-9-7-19(8-10-21)17(22)13-20-11-12-26-18(20)23/h3-6,14H,7-13H2,1-2H3. The summed E-state index contributed by atoms with van der Waals surface area (Å²) in [5, 5.41) is -0.0607. The van der Waals surface area contributed by atoms with Crippen molar-refractivity contribution < 1.29 is 18.0 Å². The Bertz CT molecular complexity index is 800. The van der Waals surface area contributed by atoms with Gasteiger partial charge in [0, 0.05) is 38.5 Å². The molecule has 1 aromatic carbocycles. The molecule has 148 valence electrons. The molecule has 2 amide bonds. The Kier molecular flexibility index (Phi) is 6.12. The number of carbonyl (C=O) groups excluding carboxylic acids is 2. The summed E-state index contributed by atoms with van der Waals surface area (Å²) in [6.07, 6.45) is 0. The largest absolute Gasteiger partial charge is 0.339 e. The first-order chi connectivity index (χ1) is 12.8. The molecule has 0 saturated carbocycles. The number of piperazine rings is 1. The number of hydrogen-bond donors (Lipinski definition) is 0. The van der Waals surface area contributed by atoms with E-state index >= 15 is 0 Å². The lowest BCUT2D eigenvalue weighted by Gasteiger charge is -2.34. The van der Waals surface area contributed by atoms with Crippen LogP contribution in [0.1, 0.15) is 25.3 Å². The molecule has 9 heteroatoms. The quantitative estimate of drug-likeness (QED) is 0.738. The van der Waals surface area contributed by atoms with Gasteiger partial charge in [-0.25, -0.2) is 8.42 Å². The Morgan fingerprint density at radius 3 is 2.22 bits per heavy atom. The molecule has 0 aromatic heterocycles. The SMILES string of the molecule is CC(C)c1ccc(S(=O)(=O)N2CCN(C(=O)CN3CCSC3=O)CC2)cc1. The predicted octanol–water partition coefficient (Wildman–Crippen LogP) is 1.81. The van der Waals surface area contributed by atoms with Gasteiger partial charge >= 0.3 is 0 Å². The molecule has 0 unspecified atom stereocenters. The molecule has 0 N–H and O–H groups in total. The average molecular weight is 412 g/mol. The number of rotatable bonds is 5. The summed E-state index contributed by atoms with van der Waals surface area (Å²) >= 11 is 1.23. The minimum absolute atomic E-state index is 0.0607. The van der Waals surface area contributed by atoms with Crippen LogP contribution < -0.4 is 0 Å². The van der Waals surface area contributed by atoms with Gasteiger partial charge in [-0.05, 0) is 23.6 Å². The van der Waals surface area contributed by atoms with E-state index in [0.717, 1.165) is 5.56 Å². The lowest BCUT2D eigenvalue weighted by atomic mass is 10.0. The third kappa shape index (κ3) is 4.47. The molecule has 0 bridgehead atoms. The first-order valence-corrected chi connectivity index (χ1v) is 11.5. The predicted molar refractivity (Wildman–Crippen MR) is 105 cm³/mol. The molecular weight excluding hydrogens is 386 g/mol. The second-order valence-electron chi connectivity index (χ2n) is 7.04. The summed E-state index contributed by atoms with van der Waals surface area (Å²) in [6, 6.07) is 7.00. The third-order valence-electron chi connectivity index (χ3n) is 4.95. The highest BCUT2D eigenvalue weighted by Gasteiger charge is 2.31. The van der Waals surface area contributed by atoms with Gasteiger partial charge in [-0.2, -0.15) is 4.31 Å². The summed E-state index contributed by atoms with van der Waals surface area (Å²) in [7, 11) is -3.56. The van der Waals surface area contributed by atoms with Crippen molar-refractivity contribution in [1.82, 2.24) is 14.1 Å². The zero-order valence-electron chi connectivity index (χ0n) is 15.6. The molecule has 27 heavy (non-hydrogen) atoms. The summed E-state index contributed by atoms with van der Waals surface area (Å²) in [5.74, 6) is 0.940. The van der Waals surface area contributed by atoms with E-state index in [-0.39, 0.29) is 35.7 Å². The topological polar surface area (TPSA) is 78.0 Å². The van der Waals surface area contributed by atoms with Gasteiger partial charge in [0.1, 0.15) is 6.54 Å². The molecule has 2 heterocycles. The molecule has 7 nitrogen and oxygen atoms in total. The highest BCUT2D eigenvalue weighted by atomic mass is 32.2. The maximum absolute atomic E-state index is 12.8. The van der Waals surface area contributed by atoms with Crippen LogP contribution in [0.2, 0.25) is 0 Å². The fraction of sp³-hybridized carbons (Fsp3) is 0.556. The number of thioether (sulfide) groups is 1. The van der Waals surface area contributed by atoms with E-state index in [1.807, 2.05) is 12.1 Å². The zero-order chi connectivity index (χ0) is 19.6. The van der Waals surface area contributed by atoms with E-state index in [0.29, 0.717) is 31.3 Å². The lowest BCUT2D eigenvalue weighted by molar-refractivity contribution is -0.132. The molecule has 2 aliphatic rings. The Morgan fingerprint density at radius 1 is 1.07 bits per heavy atom. The number of hydrogen-bond acceptors (Lipinski definition) is 5. The van der Waals surface area contributed by atoms with Crippen LogP contribution in [-0.4, -0.2) is 78.7 Å². The second kappa shape index (κ2) is 8.20. The molecule has 0 aliphatic carbocycles. The third-order valence-corrected chi connectivity index (χ3v) is 7.75. The zero-order valence-corrected chi connectivity index (χ0v) is 17.3. The minimum Gasteiger partial charge on any atom is -0.339 e. The van der Waals surface area contributed by atoms with Crippen LogP contribution in [0.3, 0.4) is 0 Å². The van der Waals surface area contributed by atoms with E-state index in [1.165, 1.54) is 16.1 Å². The summed E-state index contributed by atoms with van der Waals surface area (Å²) in [5.41, 5.74) is 1.10. The first kappa shape index (κ1) is 20.2. The van der Waals surface area contributed by atoms with Gasteiger partial charge in [0.2, 0.25) is 15.9 Å². The van der Waals surface area contributed by atoms with E-state index in [2.05, 4.69) is 13.8 Å². The van der Waals surface area contributed by atoms with E-state index < -0.39 is 10.0 Å². The van der Waals surface area contributed by atoms with Gasteiger partial charge in [-0.15, -0.1) is 0 Å². The molecular formula is C18H25N3O4S2. The van der Waals surface area contributed by atoms with Crippen molar-refractivity contribution in [3.8, 4) is 0 Å². The monoisotopic (exact) mass is 411 g/mol. The van der Waals surface area contributed by atoms with Gasteiger partial charge in [0.05, 0.1) is 4.90 Å². The van der Waals surface area contributed by atoms with Crippen molar-refractivity contribution in [2.24, 2.45) is 0 Å². The van der Waals surface area contributed by atoms with Gasteiger partial charge in [-0.3, -0.25) is 9.59 Å². The molecule has 0 atom stereocenters.